The highest BCUT2D eigenvalue weighted by atomic mass is 19.1. The Morgan fingerprint density at radius 3 is 2.19 bits per heavy atom. The first-order valence-corrected chi connectivity index (χ1v) is 8.21. The van der Waals surface area contributed by atoms with Gasteiger partial charge >= 0.3 is 5.97 Å². The van der Waals surface area contributed by atoms with Gasteiger partial charge in [0.05, 0.1) is 6.61 Å². The smallest absolute Gasteiger partial charge is 0.344 e. The Bertz CT molecular complexity index is 792. The van der Waals surface area contributed by atoms with Crippen LogP contribution in [0.25, 0.3) is 0 Å². The minimum Gasteiger partial charge on any atom is -0.490 e. The fourth-order valence-electron chi connectivity index (χ4n) is 2.11. The van der Waals surface area contributed by atoms with E-state index in [9.17, 15) is 18.4 Å². The molecule has 1 unspecified atom stereocenters. The largest absolute Gasteiger partial charge is 0.490 e. The van der Waals surface area contributed by atoms with Gasteiger partial charge < -0.3 is 19.5 Å². The van der Waals surface area contributed by atoms with E-state index < -0.39 is 41.9 Å². The zero-order valence-electron chi connectivity index (χ0n) is 14.8. The van der Waals surface area contributed by atoms with Crippen LogP contribution in [0.4, 0.5) is 14.5 Å². The predicted molar refractivity (Wildman–Crippen MR) is 93.6 cm³/mol. The van der Waals surface area contributed by atoms with Crippen molar-refractivity contribution in [3.05, 3.63) is 54.1 Å². The molecule has 0 fully saturated rings. The summed E-state index contributed by atoms with van der Waals surface area (Å²) in [6.45, 7) is 3.05. The van der Waals surface area contributed by atoms with Crippen LogP contribution in [-0.2, 0) is 14.3 Å². The van der Waals surface area contributed by atoms with E-state index in [1.54, 1.807) is 24.3 Å². The summed E-state index contributed by atoms with van der Waals surface area (Å²) in [5.41, 5.74) is -0.604. The zero-order chi connectivity index (χ0) is 19.8. The van der Waals surface area contributed by atoms with Crippen LogP contribution >= 0.6 is 0 Å². The topological polar surface area (TPSA) is 73.9 Å². The van der Waals surface area contributed by atoms with Gasteiger partial charge in [-0.25, -0.2) is 13.6 Å². The molecule has 2 rings (SSSR count). The maximum Gasteiger partial charge on any atom is 0.344 e. The molecule has 0 aromatic heterocycles. The molecule has 8 heteroatoms. The normalized spacial score (nSPS) is 11.4. The third-order valence-electron chi connectivity index (χ3n) is 3.38. The first-order valence-electron chi connectivity index (χ1n) is 8.21. The van der Waals surface area contributed by atoms with Gasteiger partial charge in [0, 0.05) is 0 Å². The van der Waals surface area contributed by atoms with Gasteiger partial charge in [-0.3, -0.25) is 4.79 Å². The van der Waals surface area contributed by atoms with Crippen molar-refractivity contribution in [3.63, 3.8) is 0 Å². The van der Waals surface area contributed by atoms with E-state index in [2.05, 4.69) is 5.32 Å². The SMILES string of the molecule is CCOc1ccccc1OCC(=O)OC(C)C(=O)Nc1c(F)cccc1F. The van der Waals surface area contributed by atoms with E-state index in [4.69, 9.17) is 14.2 Å². The van der Waals surface area contributed by atoms with E-state index in [1.807, 2.05) is 6.92 Å². The first kappa shape index (κ1) is 20.2. The standard InChI is InChI=1S/C19H19F2NO5/c1-3-25-15-9-4-5-10-16(15)26-11-17(23)27-12(2)19(24)22-18-13(20)7-6-8-14(18)21/h4-10,12H,3,11H2,1-2H3,(H,22,24). The Balaban J connectivity index is 1.89. The molecule has 0 saturated heterocycles. The molecular weight excluding hydrogens is 360 g/mol. The van der Waals surface area contributed by atoms with Crippen LogP contribution in [-0.4, -0.2) is 31.2 Å². The lowest BCUT2D eigenvalue weighted by atomic mass is 10.2. The quantitative estimate of drug-likeness (QED) is 0.713. The molecule has 0 aliphatic heterocycles. The molecule has 1 atom stereocenters. The lowest BCUT2D eigenvalue weighted by Gasteiger charge is -2.15. The molecule has 1 amide bonds. The molecule has 144 valence electrons. The summed E-state index contributed by atoms with van der Waals surface area (Å²) in [6.07, 6.45) is -1.28. The Morgan fingerprint density at radius 2 is 1.59 bits per heavy atom. The number of hydrogen-bond acceptors (Lipinski definition) is 5. The van der Waals surface area contributed by atoms with Crippen molar-refractivity contribution in [2.75, 3.05) is 18.5 Å². The highest BCUT2D eigenvalue weighted by molar-refractivity contribution is 5.95. The molecule has 0 heterocycles. The second kappa shape index (κ2) is 9.51. The van der Waals surface area contributed by atoms with E-state index in [-0.39, 0.29) is 0 Å². The predicted octanol–water partition coefficient (Wildman–Crippen LogP) is 3.31. The van der Waals surface area contributed by atoms with Gasteiger partial charge in [-0.2, -0.15) is 0 Å². The summed E-state index contributed by atoms with van der Waals surface area (Å²) < 4.78 is 42.7. The highest BCUT2D eigenvalue weighted by Gasteiger charge is 2.21. The van der Waals surface area contributed by atoms with E-state index in [0.29, 0.717) is 18.1 Å². The lowest BCUT2D eigenvalue weighted by Crippen LogP contribution is -2.32. The fraction of sp³-hybridized carbons (Fsp3) is 0.263. The number of anilines is 1. The van der Waals surface area contributed by atoms with Crippen molar-refractivity contribution in [1.82, 2.24) is 0 Å². The van der Waals surface area contributed by atoms with E-state index in [1.165, 1.54) is 13.0 Å². The number of esters is 1. The van der Waals surface area contributed by atoms with Gasteiger partial charge in [0.25, 0.3) is 5.91 Å². The molecule has 0 aliphatic rings. The highest BCUT2D eigenvalue weighted by Crippen LogP contribution is 2.26. The molecule has 0 spiro atoms. The monoisotopic (exact) mass is 379 g/mol. The number of nitrogens with one attached hydrogen (secondary N) is 1. The molecule has 0 aliphatic carbocycles. The molecule has 0 saturated carbocycles. The van der Waals surface area contributed by atoms with Gasteiger partial charge in [-0.1, -0.05) is 18.2 Å². The molecule has 0 bridgehead atoms. The molecule has 0 radical (unpaired) electrons. The van der Waals surface area contributed by atoms with Gasteiger partial charge in [-0.15, -0.1) is 0 Å². The zero-order valence-corrected chi connectivity index (χ0v) is 14.8. The number of ether oxygens (including phenoxy) is 3. The van der Waals surface area contributed by atoms with Crippen LogP contribution in [0.3, 0.4) is 0 Å². The van der Waals surface area contributed by atoms with Crippen molar-refractivity contribution in [2.24, 2.45) is 0 Å². The number of hydrogen-bond donors (Lipinski definition) is 1. The Labute approximate surface area is 155 Å². The number of benzene rings is 2. The Morgan fingerprint density at radius 1 is 1.00 bits per heavy atom. The van der Waals surface area contributed by atoms with Crippen LogP contribution in [0.5, 0.6) is 11.5 Å². The Kier molecular flexibility index (Phi) is 7.10. The van der Waals surface area contributed by atoms with Crippen molar-refractivity contribution >= 4 is 17.6 Å². The maximum absolute atomic E-state index is 13.6. The minimum absolute atomic E-state index is 0.349. The minimum atomic E-state index is -1.28. The van der Waals surface area contributed by atoms with Gasteiger partial charge in [0.1, 0.15) is 17.3 Å². The average Bonchev–Trinajstić information content (AvgIpc) is 2.64. The van der Waals surface area contributed by atoms with Crippen LogP contribution in [0, 0.1) is 11.6 Å². The summed E-state index contributed by atoms with van der Waals surface area (Å²) in [7, 11) is 0. The van der Waals surface area contributed by atoms with E-state index >= 15 is 0 Å². The Hall–Kier alpha value is -3.16. The molecule has 2 aromatic carbocycles. The van der Waals surface area contributed by atoms with Crippen molar-refractivity contribution in [1.29, 1.82) is 0 Å². The summed E-state index contributed by atoms with van der Waals surface area (Å²) in [6, 6.07) is 9.93. The van der Waals surface area contributed by atoms with Crippen molar-refractivity contribution < 1.29 is 32.6 Å². The van der Waals surface area contributed by atoms with Crippen LogP contribution in [0.15, 0.2) is 42.5 Å². The average molecular weight is 379 g/mol. The molecule has 27 heavy (non-hydrogen) atoms. The molecule has 6 nitrogen and oxygen atoms in total. The first-order chi connectivity index (χ1) is 12.9. The molecule has 1 N–H and O–H groups in total. The van der Waals surface area contributed by atoms with Gasteiger partial charge in [0.2, 0.25) is 0 Å². The van der Waals surface area contributed by atoms with Crippen molar-refractivity contribution in [2.45, 2.75) is 20.0 Å². The van der Waals surface area contributed by atoms with Crippen LogP contribution < -0.4 is 14.8 Å². The fourth-order valence-corrected chi connectivity index (χ4v) is 2.11. The number of carbonyl (C=O) groups is 2. The summed E-state index contributed by atoms with van der Waals surface area (Å²) in [5, 5.41) is 2.06. The second-order valence-corrected chi connectivity index (χ2v) is 5.39. The van der Waals surface area contributed by atoms with Crippen LogP contribution in [0.1, 0.15) is 13.8 Å². The molecular formula is C19H19F2NO5. The number of rotatable bonds is 8. The van der Waals surface area contributed by atoms with Gasteiger partial charge in [-0.05, 0) is 38.1 Å². The van der Waals surface area contributed by atoms with E-state index in [0.717, 1.165) is 12.1 Å². The number of halogens is 2. The summed E-state index contributed by atoms with van der Waals surface area (Å²) in [5.74, 6) is -2.74. The van der Waals surface area contributed by atoms with Crippen LogP contribution in [0.2, 0.25) is 0 Å². The van der Waals surface area contributed by atoms with Crippen molar-refractivity contribution in [3.8, 4) is 11.5 Å². The molecule has 2 aromatic rings. The number of para-hydroxylation sites is 3. The third-order valence-corrected chi connectivity index (χ3v) is 3.38. The lowest BCUT2D eigenvalue weighted by molar-refractivity contribution is -0.155. The number of carbonyl (C=O) groups excluding carboxylic acids is 2. The summed E-state index contributed by atoms with van der Waals surface area (Å²) >= 11 is 0. The third kappa shape index (κ3) is 5.67. The second-order valence-electron chi connectivity index (χ2n) is 5.39. The maximum atomic E-state index is 13.6. The summed E-state index contributed by atoms with van der Waals surface area (Å²) in [4.78, 5) is 23.9. The number of amides is 1. The van der Waals surface area contributed by atoms with Gasteiger partial charge in [0.15, 0.2) is 24.2 Å².